The van der Waals surface area contributed by atoms with Crippen molar-refractivity contribution in [2.24, 2.45) is 0 Å². The lowest BCUT2D eigenvalue weighted by molar-refractivity contribution is -0.120. The van der Waals surface area contributed by atoms with Crippen LogP contribution >= 0.6 is 15.9 Å². The van der Waals surface area contributed by atoms with Gasteiger partial charge in [-0.05, 0) is 67.4 Å². The van der Waals surface area contributed by atoms with E-state index < -0.39 is 0 Å². The highest BCUT2D eigenvalue weighted by Crippen LogP contribution is 2.26. The SMILES string of the molecule is Cc1ccc(NC(=O)c2ccccc2N(Cc2ccc(Br)cc2)C(=O)COc2ccccc2)c(C)c1. The number of aryl methyl sites for hydroxylation is 2. The Morgan fingerprint density at radius 3 is 2.28 bits per heavy atom. The molecule has 0 heterocycles. The molecule has 4 aromatic carbocycles. The first kappa shape index (κ1) is 25.2. The van der Waals surface area contributed by atoms with Gasteiger partial charge in [0.15, 0.2) is 6.61 Å². The number of carbonyl (C=O) groups is 2. The fourth-order valence-corrected chi connectivity index (χ4v) is 4.13. The molecule has 4 aromatic rings. The number of benzene rings is 4. The van der Waals surface area contributed by atoms with Crippen LogP contribution in [0.1, 0.15) is 27.0 Å². The zero-order valence-corrected chi connectivity index (χ0v) is 21.8. The van der Waals surface area contributed by atoms with Crippen molar-refractivity contribution in [2.75, 3.05) is 16.8 Å². The van der Waals surface area contributed by atoms with Crippen molar-refractivity contribution < 1.29 is 14.3 Å². The summed E-state index contributed by atoms with van der Waals surface area (Å²) in [6.45, 7) is 4.10. The monoisotopic (exact) mass is 542 g/mol. The third-order valence-corrected chi connectivity index (χ3v) is 6.26. The van der Waals surface area contributed by atoms with E-state index in [4.69, 9.17) is 4.74 Å². The zero-order valence-electron chi connectivity index (χ0n) is 20.2. The number of para-hydroxylation sites is 2. The number of hydrogen-bond donors (Lipinski definition) is 1. The molecule has 0 aliphatic carbocycles. The highest BCUT2D eigenvalue weighted by molar-refractivity contribution is 9.10. The molecule has 0 spiro atoms. The minimum absolute atomic E-state index is 0.159. The predicted molar refractivity (Wildman–Crippen MR) is 148 cm³/mol. The smallest absolute Gasteiger partial charge is 0.265 e. The number of amides is 2. The second-order valence-electron chi connectivity index (χ2n) is 8.50. The van der Waals surface area contributed by atoms with Gasteiger partial charge in [-0.3, -0.25) is 9.59 Å². The van der Waals surface area contributed by atoms with Gasteiger partial charge in [0.1, 0.15) is 5.75 Å². The van der Waals surface area contributed by atoms with E-state index in [0.29, 0.717) is 17.0 Å². The lowest BCUT2D eigenvalue weighted by Gasteiger charge is -2.25. The zero-order chi connectivity index (χ0) is 25.5. The van der Waals surface area contributed by atoms with Crippen molar-refractivity contribution in [3.05, 3.63) is 124 Å². The Morgan fingerprint density at radius 2 is 1.56 bits per heavy atom. The van der Waals surface area contributed by atoms with Crippen LogP contribution in [0.5, 0.6) is 5.75 Å². The first-order chi connectivity index (χ1) is 17.4. The molecule has 0 bridgehead atoms. The number of hydrogen-bond acceptors (Lipinski definition) is 3. The summed E-state index contributed by atoms with van der Waals surface area (Å²) in [4.78, 5) is 28.5. The summed E-state index contributed by atoms with van der Waals surface area (Å²) < 4.78 is 6.70. The molecular weight excluding hydrogens is 516 g/mol. The largest absolute Gasteiger partial charge is 0.484 e. The molecule has 6 heteroatoms. The Labute approximate surface area is 219 Å². The van der Waals surface area contributed by atoms with E-state index in [1.165, 1.54) is 0 Å². The summed E-state index contributed by atoms with van der Waals surface area (Å²) in [6.07, 6.45) is 0. The second kappa shape index (κ2) is 11.7. The number of carbonyl (C=O) groups excluding carboxylic acids is 2. The molecule has 0 saturated carbocycles. The van der Waals surface area contributed by atoms with Gasteiger partial charge in [0, 0.05) is 10.2 Å². The van der Waals surface area contributed by atoms with E-state index >= 15 is 0 Å². The van der Waals surface area contributed by atoms with Crippen molar-refractivity contribution in [1.29, 1.82) is 0 Å². The number of rotatable bonds is 8. The molecule has 2 amide bonds. The van der Waals surface area contributed by atoms with Crippen molar-refractivity contribution >= 4 is 39.1 Å². The Balaban J connectivity index is 1.64. The maximum Gasteiger partial charge on any atom is 0.265 e. The maximum absolute atomic E-state index is 13.5. The molecule has 0 unspecified atom stereocenters. The summed E-state index contributed by atoms with van der Waals surface area (Å²) in [5.74, 6) is 0.0685. The second-order valence-corrected chi connectivity index (χ2v) is 9.41. The lowest BCUT2D eigenvalue weighted by Crippen LogP contribution is -2.36. The fourth-order valence-electron chi connectivity index (χ4n) is 3.86. The standard InChI is InChI=1S/C30H27BrN2O3/c1-21-12-17-27(22(2)18-21)32-30(35)26-10-6-7-11-28(26)33(19-23-13-15-24(31)16-14-23)29(34)20-36-25-8-4-3-5-9-25/h3-18H,19-20H2,1-2H3,(H,32,35). The summed E-state index contributed by atoms with van der Waals surface area (Å²) in [5, 5.41) is 3.00. The van der Waals surface area contributed by atoms with Gasteiger partial charge in [0.25, 0.3) is 11.8 Å². The Bertz CT molecular complexity index is 1350. The van der Waals surface area contributed by atoms with Crippen molar-refractivity contribution in [3.63, 3.8) is 0 Å². The van der Waals surface area contributed by atoms with Gasteiger partial charge < -0.3 is 15.0 Å². The van der Waals surface area contributed by atoms with Gasteiger partial charge >= 0.3 is 0 Å². The van der Waals surface area contributed by atoms with Crippen LogP contribution in [0.2, 0.25) is 0 Å². The van der Waals surface area contributed by atoms with Crippen LogP contribution in [0.25, 0.3) is 0 Å². The van der Waals surface area contributed by atoms with Crippen LogP contribution in [0.4, 0.5) is 11.4 Å². The highest BCUT2D eigenvalue weighted by atomic mass is 79.9. The minimum Gasteiger partial charge on any atom is -0.484 e. The molecule has 182 valence electrons. The third kappa shape index (κ3) is 6.40. The Hall–Kier alpha value is -3.90. The van der Waals surface area contributed by atoms with E-state index in [0.717, 1.165) is 26.9 Å². The van der Waals surface area contributed by atoms with Gasteiger partial charge in [0.05, 0.1) is 17.8 Å². The van der Waals surface area contributed by atoms with E-state index in [9.17, 15) is 9.59 Å². The first-order valence-electron chi connectivity index (χ1n) is 11.6. The van der Waals surface area contributed by atoms with E-state index in [1.807, 2.05) is 80.6 Å². The van der Waals surface area contributed by atoms with Crippen molar-refractivity contribution in [2.45, 2.75) is 20.4 Å². The van der Waals surface area contributed by atoms with Crippen LogP contribution in [-0.4, -0.2) is 18.4 Å². The van der Waals surface area contributed by atoms with Crippen molar-refractivity contribution in [3.8, 4) is 5.75 Å². The molecule has 1 N–H and O–H groups in total. The minimum atomic E-state index is -0.282. The number of anilines is 2. The van der Waals surface area contributed by atoms with E-state index in [1.54, 1.807) is 35.2 Å². The third-order valence-electron chi connectivity index (χ3n) is 5.73. The molecule has 0 aliphatic heterocycles. The lowest BCUT2D eigenvalue weighted by atomic mass is 10.1. The first-order valence-corrected chi connectivity index (χ1v) is 12.4. The predicted octanol–water partition coefficient (Wildman–Crippen LogP) is 6.93. The Morgan fingerprint density at radius 1 is 0.861 bits per heavy atom. The van der Waals surface area contributed by atoms with Crippen molar-refractivity contribution in [1.82, 2.24) is 0 Å². The van der Waals surface area contributed by atoms with Gasteiger partial charge in [0.2, 0.25) is 0 Å². The number of ether oxygens (including phenoxy) is 1. The molecule has 0 atom stereocenters. The van der Waals surface area contributed by atoms with Crippen LogP contribution in [0.3, 0.4) is 0 Å². The van der Waals surface area contributed by atoms with Crippen LogP contribution in [0.15, 0.2) is 102 Å². The van der Waals surface area contributed by atoms with Crippen LogP contribution in [-0.2, 0) is 11.3 Å². The quantitative estimate of drug-likeness (QED) is 0.262. The van der Waals surface area contributed by atoms with E-state index in [-0.39, 0.29) is 25.0 Å². The summed E-state index contributed by atoms with van der Waals surface area (Å²) in [7, 11) is 0. The van der Waals surface area contributed by atoms with Gasteiger partial charge in [-0.2, -0.15) is 0 Å². The van der Waals surface area contributed by atoms with Crippen LogP contribution < -0.4 is 15.0 Å². The summed E-state index contributed by atoms with van der Waals surface area (Å²) in [6, 6.07) is 30.0. The maximum atomic E-state index is 13.5. The number of halogens is 1. The summed E-state index contributed by atoms with van der Waals surface area (Å²) in [5.41, 5.74) is 4.68. The molecule has 0 radical (unpaired) electrons. The Kier molecular flexibility index (Phi) is 8.18. The number of nitrogens with zero attached hydrogens (tertiary/aromatic N) is 1. The highest BCUT2D eigenvalue weighted by Gasteiger charge is 2.23. The molecular formula is C30H27BrN2O3. The molecule has 0 aliphatic rings. The van der Waals surface area contributed by atoms with Crippen LogP contribution in [0, 0.1) is 13.8 Å². The molecule has 0 aromatic heterocycles. The average molecular weight is 543 g/mol. The molecule has 4 rings (SSSR count). The fraction of sp³-hybridized carbons (Fsp3) is 0.133. The number of nitrogens with one attached hydrogen (secondary N) is 1. The topological polar surface area (TPSA) is 58.6 Å². The van der Waals surface area contributed by atoms with Gasteiger partial charge in [-0.25, -0.2) is 0 Å². The molecule has 0 saturated heterocycles. The normalized spacial score (nSPS) is 10.5. The van der Waals surface area contributed by atoms with Gasteiger partial charge in [-0.15, -0.1) is 0 Å². The van der Waals surface area contributed by atoms with E-state index in [2.05, 4.69) is 21.2 Å². The van der Waals surface area contributed by atoms with Gasteiger partial charge in [-0.1, -0.05) is 76.1 Å². The molecule has 36 heavy (non-hydrogen) atoms. The molecule has 5 nitrogen and oxygen atoms in total. The molecule has 0 fully saturated rings. The average Bonchev–Trinajstić information content (AvgIpc) is 2.89. The summed E-state index contributed by atoms with van der Waals surface area (Å²) >= 11 is 3.46.